The summed E-state index contributed by atoms with van der Waals surface area (Å²) in [5.41, 5.74) is 1.77. The molecule has 0 spiro atoms. The number of hydrazine groups is 2. The van der Waals surface area contributed by atoms with Crippen LogP contribution in [0, 0.1) is 0 Å². The Kier molecular flexibility index (Phi) is 5.82. The second-order valence-electron chi connectivity index (χ2n) is 5.54. The van der Waals surface area contributed by atoms with Crippen LogP contribution in [-0.4, -0.2) is 21.0 Å². The largest absolute Gasteiger partial charge is 0.487 e. The van der Waals surface area contributed by atoms with E-state index in [1.165, 1.54) is 12.5 Å². The van der Waals surface area contributed by atoms with E-state index in [1.807, 2.05) is 30.3 Å². The SMILES string of the molecule is NN(N)C(=O)c1cncnc1Nc1ccc(OCc2ccccc2)c(Cl)c1. The summed E-state index contributed by atoms with van der Waals surface area (Å²) in [6.07, 6.45) is 2.62. The predicted octanol–water partition coefficient (Wildman–Crippen LogP) is 2.64. The van der Waals surface area contributed by atoms with Crippen LogP contribution in [0.4, 0.5) is 11.5 Å². The van der Waals surface area contributed by atoms with Crippen molar-refractivity contribution < 1.29 is 9.53 Å². The van der Waals surface area contributed by atoms with Crippen molar-refractivity contribution in [2.24, 2.45) is 11.7 Å². The number of amides is 1. The van der Waals surface area contributed by atoms with E-state index in [1.54, 1.807) is 18.2 Å². The minimum Gasteiger partial charge on any atom is -0.487 e. The van der Waals surface area contributed by atoms with Gasteiger partial charge in [-0.05, 0) is 23.8 Å². The molecule has 1 amide bonds. The topological polar surface area (TPSA) is 119 Å². The van der Waals surface area contributed by atoms with E-state index in [2.05, 4.69) is 15.3 Å². The van der Waals surface area contributed by atoms with Crippen LogP contribution < -0.4 is 21.7 Å². The van der Waals surface area contributed by atoms with Gasteiger partial charge < -0.3 is 10.1 Å². The van der Waals surface area contributed by atoms with Crippen LogP contribution in [0.25, 0.3) is 0 Å². The average Bonchev–Trinajstić information content (AvgIpc) is 2.68. The summed E-state index contributed by atoms with van der Waals surface area (Å²) < 4.78 is 5.74. The first-order valence-corrected chi connectivity index (χ1v) is 8.29. The zero-order valence-corrected chi connectivity index (χ0v) is 14.9. The van der Waals surface area contributed by atoms with Gasteiger partial charge in [-0.25, -0.2) is 26.8 Å². The van der Waals surface area contributed by atoms with Gasteiger partial charge in [-0.3, -0.25) is 4.79 Å². The van der Waals surface area contributed by atoms with Crippen molar-refractivity contribution >= 4 is 29.0 Å². The summed E-state index contributed by atoms with van der Waals surface area (Å²) >= 11 is 6.30. The number of rotatable bonds is 6. The first-order chi connectivity index (χ1) is 13.0. The summed E-state index contributed by atoms with van der Waals surface area (Å²) in [6, 6.07) is 14.9. The molecule has 0 fully saturated rings. The van der Waals surface area contributed by atoms with E-state index in [0.717, 1.165) is 5.56 Å². The van der Waals surface area contributed by atoms with Gasteiger partial charge in [0.2, 0.25) is 0 Å². The van der Waals surface area contributed by atoms with Gasteiger partial charge in [-0.15, -0.1) is 0 Å². The van der Waals surface area contributed by atoms with Crippen LogP contribution in [0.15, 0.2) is 61.1 Å². The molecule has 0 aliphatic carbocycles. The highest BCUT2D eigenvalue weighted by Gasteiger charge is 2.16. The Morgan fingerprint density at radius 2 is 1.96 bits per heavy atom. The van der Waals surface area contributed by atoms with Gasteiger partial charge in [-0.2, -0.15) is 0 Å². The highest BCUT2D eigenvalue weighted by Crippen LogP contribution is 2.30. The Labute approximate surface area is 160 Å². The molecular formula is C18H17ClN6O2. The van der Waals surface area contributed by atoms with Crippen molar-refractivity contribution in [2.75, 3.05) is 5.32 Å². The van der Waals surface area contributed by atoms with Crippen molar-refractivity contribution in [3.8, 4) is 5.75 Å². The van der Waals surface area contributed by atoms with Crippen LogP contribution in [0.2, 0.25) is 5.02 Å². The maximum atomic E-state index is 12.0. The lowest BCUT2D eigenvalue weighted by atomic mass is 10.2. The number of hydrogen-bond acceptors (Lipinski definition) is 7. The van der Waals surface area contributed by atoms with E-state index < -0.39 is 5.91 Å². The van der Waals surface area contributed by atoms with Gasteiger partial charge >= 0.3 is 0 Å². The fourth-order valence-corrected chi connectivity index (χ4v) is 2.53. The van der Waals surface area contributed by atoms with E-state index in [0.29, 0.717) is 28.2 Å². The van der Waals surface area contributed by atoms with Crippen LogP contribution in [0.1, 0.15) is 15.9 Å². The summed E-state index contributed by atoms with van der Waals surface area (Å²) in [5.74, 6) is 10.8. The molecule has 27 heavy (non-hydrogen) atoms. The minimum absolute atomic E-state index is 0.128. The smallest absolute Gasteiger partial charge is 0.287 e. The molecule has 0 radical (unpaired) electrons. The summed E-state index contributed by atoms with van der Waals surface area (Å²) in [5, 5.41) is 3.88. The summed E-state index contributed by atoms with van der Waals surface area (Å²) in [4.78, 5) is 19.9. The molecule has 1 aromatic heterocycles. The second kappa shape index (κ2) is 8.45. The number of benzene rings is 2. The van der Waals surface area contributed by atoms with Crippen LogP contribution in [0.5, 0.6) is 5.75 Å². The highest BCUT2D eigenvalue weighted by atomic mass is 35.5. The first kappa shape index (κ1) is 18.6. The lowest BCUT2D eigenvalue weighted by Gasteiger charge is -2.14. The van der Waals surface area contributed by atoms with Gasteiger partial charge in [-0.1, -0.05) is 41.9 Å². The van der Waals surface area contributed by atoms with Gasteiger partial charge in [0.15, 0.2) is 0 Å². The van der Waals surface area contributed by atoms with Gasteiger partial charge in [0.05, 0.1) is 5.02 Å². The van der Waals surface area contributed by atoms with Crippen molar-refractivity contribution in [3.63, 3.8) is 0 Å². The molecule has 8 nitrogen and oxygen atoms in total. The Bertz CT molecular complexity index is 936. The van der Waals surface area contributed by atoms with E-state index in [9.17, 15) is 4.79 Å². The lowest BCUT2D eigenvalue weighted by Crippen LogP contribution is -2.43. The Morgan fingerprint density at radius 3 is 2.67 bits per heavy atom. The molecule has 0 saturated carbocycles. The average molecular weight is 385 g/mol. The molecular weight excluding hydrogens is 368 g/mol. The molecule has 9 heteroatoms. The predicted molar refractivity (Wildman–Crippen MR) is 102 cm³/mol. The molecule has 138 valence electrons. The monoisotopic (exact) mass is 384 g/mol. The Balaban J connectivity index is 1.74. The Hall–Kier alpha value is -3.20. The molecule has 5 N–H and O–H groups in total. The number of hydrogen-bond donors (Lipinski definition) is 3. The molecule has 0 aliphatic heterocycles. The van der Waals surface area contributed by atoms with Crippen molar-refractivity contribution in [2.45, 2.75) is 6.61 Å². The van der Waals surface area contributed by atoms with Gasteiger partial charge in [0.1, 0.15) is 30.1 Å². The maximum Gasteiger partial charge on any atom is 0.287 e. The zero-order valence-electron chi connectivity index (χ0n) is 14.2. The van der Waals surface area contributed by atoms with Crippen LogP contribution in [-0.2, 0) is 6.61 Å². The normalized spacial score (nSPS) is 10.3. The van der Waals surface area contributed by atoms with E-state index >= 15 is 0 Å². The second-order valence-corrected chi connectivity index (χ2v) is 5.95. The third-order valence-electron chi connectivity index (χ3n) is 3.61. The fourth-order valence-electron chi connectivity index (χ4n) is 2.29. The zero-order chi connectivity index (χ0) is 19.2. The summed E-state index contributed by atoms with van der Waals surface area (Å²) in [6.45, 7) is 0.404. The number of halogens is 1. The van der Waals surface area contributed by atoms with E-state index in [4.69, 9.17) is 28.0 Å². The fraction of sp³-hybridized carbons (Fsp3) is 0.0556. The van der Waals surface area contributed by atoms with Crippen molar-refractivity contribution in [1.29, 1.82) is 0 Å². The van der Waals surface area contributed by atoms with Crippen molar-refractivity contribution in [1.82, 2.24) is 15.1 Å². The molecule has 2 aromatic carbocycles. The third kappa shape index (κ3) is 4.70. The molecule has 0 saturated heterocycles. The molecule has 0 bridgehead atoms. The molecule has 0 aliphatic rings. The number of ether oxygens (including phenoxy) is 1. The van der Waals surface area contributed by atoms with Crippen LogP contribution in [0.3, 0.4) is 0 Å². The number of anilines is 2. The maximum absolute atomic E-state index is 12.0. The summed E-state index contributed by atoms with van der Waals surface area (Å²) in [7, 11) is 0. The number of nitrogens with one attached hydrogen (secondary N) is 1. The molecule has 1 heterocycles. The van der Waals surface area contributed by atoms with Gasteiger partial charge in [0.25, 0.3) is 5.91 Å². The molecule has 3 aromatic rings. The third-order valence-corrected chi connectivity index (χ3v) is 3.90. The highest BCUT2D eigenvalue weighted by molar-refractivity contribution is 6.32. The number of nitrogens with two attached hydrogens (primary N) is 2. The Morgan fingerprint density at radius 1 is 1.19 bits per heavy atom. The number of carbonyl (C=O) groups is 1. The number of aromatic nitrogens is 2. The molecule has 0 atom stereocenters. The van der Waals surface area contributed by atoms with Crippen LogP contribution >= 0.6 is 11.6 Å². The molecule has 3 rings (SSSR count). The van der Waals surface area contributed by atoms with Crippen molar-refractivity contribution in [3.05, 3.63) is 77.2 Å². The standard InChI is InChI=1S/C18H17ClN6O2/c19-15-8-13(6-7-16(15)27-10-12-4-2-1-3-5-12)24-17-14(9-22-11-23-17)18(26)25(20)21/h1-9,11H,10,20-21H2,(H,22,23,24). The molecule has 0 unspecified atom stereocenters. The minimum atomic E-state index is -0.632. The number of nitrogens with zero attached hydrogens (tertiary/aromatic N) is 3. The van der Waals surface area contributed by atoms with Gasteiger partial charge in [0, 0.05) is 11.9 Å². The number of carbonyl (C=O) groups excluding carboxylic acids is 1. The quantitative estimate of drug-likeness (QED) is 0.339. The first-order valence-electron chi connectivity index (χ1n) is 7.92. The lowest BCUT2D eigenvalue weighted by molar-refractivity contribution is 0.0755. The van der Waals surface area contributed by atoms with E-state index in [-0.39, 0.29) is 11.4 Å².